The van der Waals surface area contributed by atoms with E-state index in [4.69, 9.17) is 16.3 Å². The summed E-state index contributed by atoms with van der Waals surface area (Å²) in [7, 11) is 0. The quantitative estimate of drug-likeness (QED) is 0.108. The molecule has 1 saturated heterocycles. The highest BCUT2D eigenvalue weighted by Crippen LogP contribution is 2.40. The highest BCUT2D eigenvalue weighted by atomic mass is 32.2. The third kappa shape index (κ3) is 4.92. The summed E-state index contributed by atoms with van der Waals surface area (Å²) in [5, 5.41) is 19.6. The molecule has 0 bridgehead atoms. The number of nitrogens with one attached hydrogen (secondary N) is 1. The number of anilines is 1. The van der Waals surface area contributed by atoms with E-state index in [1.807, 2.05) is 0 Å². The molecule has 2 aliphatic heterocycles. The van der Waals surface area contributed by atoms with E-state index in [0.29, 0.717) is 11.3 Å². The minimum absolute atomic E-state index is 0.0582. The Kier molecular flexibility index (Phi) is 7.00. The van der Waals surface area contributed by atoms with Crippen LogP contribution in [0.2, 0.25) is 0 Å². The van der Waals surface area contributed by atoms with E-state index >= 15 is 0 Å². The number of primary amides is 1. The number of carbonyl (C=O) groups is 4. The fraction of sp³-hybridized carbons (Fsp3) is 0.333. The van der Waals surface area contributed by atoms with Crippen LogP contribution in [-0.2, 0) is 25.8 Å². The molecule has 0 unspecified atom stereocenters. The Labute approximate surface area is 232 Å². The standard InChI is InChI=1S/C21H21N9O6S3/c1-8(2)36-26-12(16-25-21(23)39-27-16)17(32)24-13-18(33)30-14(20(34)35)9(5-38-19(13)30)3-28-4-11-29(7-28)10(6-37-11)15(22)31/h4,6-8,13,19H,3,5H2,1-2H3,(H5-,22,23,24,25,27,31,32,34,35)/b26-12-/t13-,19-/m1/s1. The molecule has 0 aromatic carbocycles. The number of aliphatic carboxylic acids is 1. The Morgan fingerprint density at radius 3 is 2.79 bits per heavy atom. The number of nitrogens with two attached hydrogens (primary N) is 2. The summed E-state index contributed by atoms with van der Waals surface area (Å²) in [6, 6.07) is -1.02. The second kappa shape index (κ2) is 10.3. The maximum Gasteiger partial charge on any atom is 0.289 e. The predicted octanol–water partition coefficient (Wildman–Crippen LogP) is -1.95. The Morgan fingerprint density at radius 2 is 2.15 bits per heavy atom. The molecular formula is C21H21N9O6S3. The lowest BCUT2D eigenvalue weighted by molar-refractivity contribution is -0.687. The topological polar surface area (TPSA) is 214 Å². The summed E-state index contributed by atoms with van der Waals surface area (Å²) in [6.45, 7) is 3.56. The zero-order valence-electron chi connectivity index (χ0n) is 20.4. The number of carboxylic acids is 1. The number of carbonyl (C=O) groups excluding carboxylic acids is 4. The number of aromatic nitrogens is 4. The van der Waals surface area contributed by atoms with E-state index in [-0.39, 0.29) is 40.8 Å². The number of thioether (sulfide) groups is 1. The second-order valence-corrected chi connectivity index (χ2v) is 11.5. The van der Waals surface area contributed by atoms with Crippen molar-refractivity contribution in [1.29, 1.82) is 0 Å². The van der Waals surface area contributed by atoms with Crippen LogP contribution >= 0.6 is 34.6 Å². The van der Waals surface area contributed by atoms with E-state index in [1.54, 1.807) is 40.7 Å². The first kappa shape index (κ1) is 26.6. The molecule has 5 heterocycles. The smallest absolute Gasteiger partial charge is 0.289 e. The van der Waals surface area contributed by atoms with Gasteiger partial charge in [0.15, 0.2) is 5.13 Å². The average Bonchev–Trinajstić information content (AvgIpc) is 3.57. The summed E-state index contributed by atoms with van der Waals surface area (Å²) in [5.74, 6) is -3.30. The van der Waals surface area contributed by atoms with Gasteiger partial charge in [0, 0.05) is 28.2 Å². The van der Waals surface area contributed by atoms with Crippen molar-refractivity contribution in [3.8, 4) is 0 Å². The zero-order valence-corrected chi connectivity index (χ0v) is 22.8. The van der Waals surface area contributed by atoms with E-state index in [2.05, 4.69) is 19.8 Å². The van der Waals surface area contributed by atoms with Crippen molar-refractivity contribution in [3.05, 3.63) is 40.7 Å². The Bertz CT molecular complexity index is 1570. The van der Waals surface area contributed by atoms with Crippen molar-refractivity contribution < 1.29 is 33.7 Å². The SMILES string of the molecule is CC(C)O/N=C(\C(=O)N[C@@H]1C(=O)N2C(C(=O)[O-])=C(C[n+]3cc4scc(C(N)=O)n4c3)CS[C@H]12)c1nsc(N)n1. The summed E-state index contributed by atoms with van der Waals surface area (Å²) < 4.78 is 7.30. The van der Waals surface area contributed by atoms with Crippen LogP contribution in [0.15, 0.2) is 34.3 Å². The fourth-order valence-electron chi connectivity index (χ4n) is 4.04. The molecule has 0 spiro atoms. The minimum atomic E-state index is -1.51. The van der Waals surface area contributed by atoms with E-state index < -0.39 is 35.1 Å². The molecule has 3 amide bonds. The van der Waals surface area contributed by atoms with Gasteiger partial charge in [-0.3, -0.25) is 19.3 Å². The average molecular weight is 592 g/mol. The number of oxime groups is 1. The van der Waals surface area contributed by atoms with Crippen molar-refractivity contribution >= 4 is 74.0 Å². The Balaban J connectivity index is 1.36. The third-order valence-electron chi connectivity index (χ3n) is 5.70. The first-order valence-corrected chi connectivity index (χ1v) is 14.1. The molecule has 0 saturated carbocycles. The highest BCUT2D eigenvalue weighted by Gasteiger charge is 2.53. The molecule has 3 aromatic rings. The third-order valence-corrected chi connectivity index (χ3v) is 8.47. The maximum absolute atomic E-state index is 13.1. The van der Waals surface area contributed by atoms with Crippen LogP contribution in [0.3, 0.4) is 0 Å². The first-order chi connectivity index (χ1) is 18.5. The van der Waals surface area contributed by atoms with Gasteiger partial charge in [-0.15, -0.1) is 11.8 Å². The van der Waals surface area contributed by atoms with Gasteiger partial charge in [0.25, 0.3) is 24.0 Å². The van der Waals surface area contributed by atoms with Gasteiger partial charge < -0.3 is 31.5 Å². The predicted molar refractivity (Wildman–Crippen MR) is 138 cm³/mol. The molecule has 0 aliphatic carbocycles. The second-order valence-electron chi connectivity index (χ2n) is 8.76. The number of rotatable bonds is 9. The molecular weight excluding hydrogens is 570 g/mol. The van der Waals surface area contributed by atoms with Gasteiger partial charge in [0.05, 0.1) is 11.7 Å². The van der Waals surface area contributed by atoms with Crippen LogP contribution in [0, 0.1) is 0 Å². The lowest BCUT2D eigenvalue weighted by Crippen LogP contribution is -2.71. The van der Waals surface area contributed by atoms with Crippen LogP contribution in [0.4, 0.5) is 5.13 Å². The number of carboxylic acid groups (broad SMARTS) is 1. The van der Waals surface area contributed by atoms with E-state index in [1.165, 1.54) is 23.1 Å². The van der Waals surface area contributed by atoms with Gasteiger partial charge in [0.1, 0.15) is 30.3 Å². The Morgan fingerprint density at radius 1 is 1.38 bits per heavy atom. The number of hydrogen-bond acceptors (Lipinski definition) is 13. The van der Waals surface area contributed by atoms with Crippen LogP contribution in [0.1, 0.15) is 30.2 Å². The normalized spacial score (nSPS) is 19.3. The van der Waals surface area contributed by atoms with Crippen LogP contribution in [0.25, 0.3) is 4.83 Å². The van der Waals surface area contributed by atoms with Crippen LogP contribution in [0.5, 0.6) is 0 Å². The summed E-state index contributed by atoms with van der Waals surface area (Å²) in [5.41, 5.74) is 11.3. The number of hydrogen-bond donors (Lipinski definition) is 3. The number of β-lactam (4-membered cyclic amide) rings is 1. The van der Waals surface area contributed by atoms with Gasteiger partial charge in [0.2, 0.25) is 22.1 Å². The van der Waals surface area contributed by atoms with Gasteiger partial charge in [-0.05, 0) is 13.8 Å². The minimum Gasteiger partial charge on any atom is -0.543 e. The van der Waals surface area contributed by atoms with Crippen LogP contribution < -0.4 is 26.5 Å². The molecule has 1 fully saturated rings. The number of imidazole rings is 1. The fourth-order valence-corrected chi connectivity index (χ4v) is 6.73. The van der Waals surface area contributed by atoms with Crippen LogP contribution in [-0.4, -0.2) is 71.3 Å². The van der Waals surface area contributed by atoms with Crippen molar-refractivity contribution in [2.24, 2.45) is 10.9 Å². The first-order valence-electron chi connectivity index (χ1n) is 11.4. The maximum atomic E-state index is 13.1. The Hall–Kier alpha value is -4.03. The van der Waals surface area contributed by atoms with Crippen molar-refractivity contribution in [1.82, 2.24) is 24.0 Å². The van der Waals surface area contributed by atoms with Crippen molar-refractivity contribution in [2.75, 3.05) is 11.5 Å². The summed E-state index contributed by atoms with van der Waals surface area (Å²) in [4.78, 5) is 60.9. The van der Waals surface area contributed by atoms with Crippen molar-refractivity contribution in [2.45, 2.75) is 37.9 Å². The molecule has 39 heavy (non-hydrogen) atoms. The van der Waals surface area contributed by atoms with Gasteiger partial charge >= 0.3 is 0 Å². The number of amides is 3. The molecule has 18 heteroatoms. The molecule has 15 nitrogen and oxygen atoms in total. The number of fused-ring (bicyclic) bond motifs is 2. The molecule has 0 radical (unpaired) electrons. The lowest BCUT2D eigenvalue weighted by atomic mass is 10.0. The molecule has 2 atom stereocenters. The van der Waals surface area contributed by atoms with E-state index in [0.717, 1.165) is 21.3 Å². The molecule has 5 rings (SSSR count). The summed E-state index contributed by atoms with van der Waals surface area (Å²) >= 11 is 3.47. The molecule has 204 valence electrons. The molecule has 3 aromatic heterocycles. The van der Waals surface area contributed by atoms with Crippen molar-refractivity contribution in [3.63, 3.8) is 0 Å². The summed E-state index contributed by atoms with van der Waals surface area (Å²) in [6.07, 6.45) is 3.03. The van der Waals surface area contributed by atoms with Gasteiger partial charge in [-0.2, -0.15) is 13.8 Å². The monoisotopic (exact) mass is 591 g/mol. The number of nitrogen functional groups attached to an aromatic ring is 1. The molecule has 5 N–H and O–H groups in total. The highest BCUT2D eigenvalue weighted by molar-refractivity contribution is 8.00. The zero-order chi connectivity index (χ0) is 28.0. The largest absolute Gasteiger partial charge is 0.543 e. The van der Waals surface area contributed by atoms with Gasteiger partial charge in [-0.25, -0.2) is 4.57 Å². The number of nitrogens with zero attached hydrogens (tertiary/aromatic N) is 6. The number of thiazole rings is 1. The van der Waals surface area contributed by atoms with Gasteiger partial charge in [-0.1, -0.05) is 16.5 Å². The lowest BCUT2D eigenvalue weighted by Gasteiger charge is -2.50. The molecule has 2 aliphatic rings. The van der Waals surface area contributed by atoms with E-state index in [9.17, 15) is 24.3 Å².